The van der Waals surface area contributed by atoms with Crippen LogP contribution in [0.4, 0.5) is 16.2 Å². The number of anilines is 2. The van der Waals surface area contributed by atoms with Gasteiger partial charge in [0.15, 0.2) is 5.75 Å². The number of sulfonamides is 1. The Balaban J connectivity index is 1.51. The van der Waals surface area contributed by atoms with Gasteiger partial charge in [0, 0.05) is 37.3 Å². The number of amides is 1. The summed E-state index contributed by atoms with van der Waals surface area (Å²) >= 11 is 0. The Morgan fingerprint density at radius 3 is 2.27 bits per heavy atom. The summed E-state index contributed by atoms with van der Waals surface area (Å²) in [7, 11) is -3.55. The SMILES string of the molecule is CS(=O)(=O)Nc1c(OC(=O)N2CCN(c3ccccc3)CC2)ccc2ccccc12. The number of para-hydroxylation sites is 1. The molecule has 0 bridgehead atoms. The zero-order chi connectivity index (χ0) is 21.1. The lowest BCUT2D eigenvalue weighted by Crippen LogP contribution is -2.49. The van der Waals surface area contributed by atoms with Gasteiger partial charge < -0.3 is 14.5 Å². The molecule has 0 atom stereocenters. The highest BCUT2D eigenvalue weighted by Crippen LogP contribution is 2.34. The Morgan fingerprint density at radius 2 is 1.57 bits per heavy atom. The monoisotopic (exact) mass is 425 g/mol. The van der Waals surface area contributed by atoms with Gasteiger partial charge in [-0.1, -0.05) is 48.5 Å². The maximum Gasteiger partial charge on any atom is 0.415 e. The van der Waals surface area contributed by atoms with Gasteiger partial charge in [-0.05, 0) is 23.6 Å². The number of ether oxygens (including phenoxy) is 1. The molecule has 1 aliphatic rings. The number of carbonyl (C=O) groups is 1. The Labute approximate surface area is 175 Å². The van der Waals surface area contributed by atoms with Crippen molar-refractivity contribution in [2.24, 2.45) is 0 Å². The molecule has 1 aliphatic heterocycles. The van der Waals surface area contributed by atoms with E-state index < -0.39 is 16.1 Å². The van der Waals surface area contributed by atoms with Crippen molar-refractivity contribution < 1.29 is 17.9 Å². The molecule has 1 amide bonds. The summed E-state index contributed by atoms with van der Waals surface area (Å²) in [6.07, 6.45) is 0.581. The maximum atomic E-state index is 12.8. The van der Waals surface area contributed by atoms with Gasteiger partial charge in [-0.2, -0.15) is 0 Å². The number of benzene rings is 3. The Bertz CT molecular complexity index is 1160. The fourth-order valence-electron chi connectivity index (χ4n) is 3.57. The minimum Gasteiger partial charge on any atom is -0.408 e. The third-order valence-corrected chi connectivity index (χ3v) is 5.61. The molecular weight excluding hydrogens is 402 g/mol. The van der Waals surface area contributed by atoms with Crippen LogP contribution in [0.3, 0.4) is 0 Å². The lowest BCUT2D eigenvalue weighted by atomic mass is 10.1. The second kappa shape index (κ2) is 8.23. The molecule has 4 rings (SSSR count). The molecule has 1 heterocycles. The average Bonchev–Trinajstić information content (AvgIpc) is 2.75. The number of piperazine rings is 1. The fraction of sp³-hybridized carbons (Fsp3) is 0.227. The molecule has 3 aromatic carbocycles. The molecule has 1 fully saturated rings. The van der Waals surface area contributed by atoms with Crippen LogP contribution in [0.2, 0.25) is 0 Å². The smallest absolute Gasteiger partial charge is 0.408 e. The zero-order valence-electron chi connectivity index (χ0n) is 16.6. The summed E-state index contributed by atoms with van der Waals surface area (Å²) in [5, 5.41) is 1.52. The molecule has 0 aromatic heterocycles. The van der Waals surface area contributed by atoms with Crippen molar-refractivity contribution in [2.45, 2.75) is 0 Å². The second-order valence-electron chi connectivity index (χ2n) is 7.21. The number of rotatable bonds is 4. The number of hydrogen-bond acceptors (Lipinski definition) is 5. The van der Waals surface area contributed by atoms with Gasteiger partial charge in [-0.25, -0.2) is 13.2 Å². The van der Waals surface area contributed by atoms with Gasteiger partial charge in [-0.15, -0.1) is 0 Å². The minimum absolute atomic E-state index is 0.189. The average molecular weight is 426 g/mol. The Hall–Kier alpha value is -3.26. The lowest BCUT2D eigenvalue weighted by molar-refractivity contribution is 0.149. The number of carbonyl (C=O) groups excluding carboxylic acids is 1. The summed E-state index contributed by atoms with van der Waals surface area (Å²) in [4.78, 5) is 16.6. The number of hydrogen-bond donors (Lipinski definition) is 1. The highest BCUT2D eigenvalue weighted by atomic mass is 32.2. The van der Waals surface area contributed by atoms with E-state index in [0.717, 1.165) is 17.3 Å². The highest BCUT2D eigenvalue weighted by molar-refractivity contribution is 7.92. The number of nitrogens with one attached hydrogen (secondary N) is 1. The molecule has 3 aromatic rings. The van der Waals surface area contributed by atoms with E-state index in [0.29, 0.717) is 31.6 Å². The van der Waals surface area contributed by atoms with Crippen LogP contribution < -0.4 is 14.4 Å². The molecule has 0 unspecified atom stereocenters. The first-order valence-electron chi connectivity index (χ1n) is 9.67. The van der Waals surface area contributed by atoms with E-state index in [1.54, 1.807) is 23.1 Å². The molecule has 7 nitrogen and oxygen atoms in total. The molecule has 1 saturated heterocycles. The van der Waals surface area contributed by atoms with E-state index in [9.17, 15) is 13.2 Å². The van der Waals surface area contributed by atoms with Crippen molar-refractivity contribution in [3.8, 4) is 5.75 Å². The topological polar surface area (TPSA) is 78.9 Å². The predicted molar refractivity (Wildman–Crippen MR) is 119 cm³/mol. The molecule has 156 valence electrons. The summed E-state index contributed by atoms with van der Waals surface area (Å²) in [6, 6.07) is 20.8. The Kier molecular flexibility index (Phi) is 5.50. The van der Waals surface area contributed by atoms with E-state index >= 15 is 0 Å². The van der Waals surface area contributed by atoms with Crippen LogP contribution in [0.25, 0.3) is 10.8 Å². The number of fused-ring (bicyclic) bond motifs is 1. The fourth-order valence-corrected chi connectivity index (χ4v) is 4.15. The van der Waals surface area contributed by atoms with Gasteiger partial charge in [-0.3, -0.25) is 4.72 Å². The van der Waals surface area contributed by atoms with Gasteiger partial charge in [0.1, 0.15) is 0 Å². The molecule has 30 heavy (non-hydrogen) atoms. The van der Waals surface area contributed by atoms with E-state index in [4.69, 9.17) is 4.74 Å². The summed E-state index contributed by atoms with van der Waals surface area (Å²) in [5.74, 6) is 0.189. The molecule has 0 aliphatic carbocycles. The first-order valence-corrected chi connectivity index (χ1v) is 11.6. The number of nitrogens with zero attached hydrogens (tertiary/aromatic N) is 2. The van der Waals surface area contributed by atoms with Crippen LogP contribution in [-0.4, -0.2) is 51.8 Å². The molecule has 0 saturated carbocycles. The largest absolute Gasteiger partial charge is 0.415 e. The van der Waals surface area contributed by atoms with E-state index in [1.165, 1.54) is 0 Å². The first-order chi connectivity index (χ1) is 14.4. The molecule has 0 radical (unpaired) electrons. The predicted octanol–water partition coefficient (Wildman–Crippen LogP) is 3.53. The van der Waals surface area contributed by atoms with Crippen molar-refractivity contribution in [2.75, 3.05) is 42.1 Å². The maximum absolute atomic E-state index is 12.8. The minimum atomic E-state index is -3.55. The van der Waals surface area contributed by atoms with Gasteiger partial charge in [0.25, 0.3) is 0 Å². The third kappa shape index (κ3) is 4.49. The van der Waals surface area contributed by atoms with E-state index in [1.807, 2.05) is 48.5 Å². The van der Waals surface area contributed by atoms with E-state index in [-0.39, 0.29) is 11.4 Å². The van der Waals surface area contributed by atoms with Gasteiger partial charge in [0.05, 0.1) is 11.9 Å². The summed E-state index contributed by atoms with van der Waals surface area (Å²) in [5.41, 5.74) is 1.39. The van der Waals surface area contributed by atoms with Crippen LogP contribution in [0.5, 0.6) is 5.75 Å². The summed E-state index contributed by atoms with van der Waals surface area (Å²) in [6.45, 7) is 2.45. The highest BCUT2D eigenvalue weighted by Gasteiger charge is 2.24. The lowest BCUT2D eigenvalue weighted by Gasteiger charge is -2.35. The van der Waals surface area contributed by atoms with Crippen LogP contribution in [0.1, 0.15) is 0 Å². The normalized spacial score (nSPS) is 14.6. The van der Waals surface area contributed by atoms with Crippen molar-refractivity contribution >= 4 is 38.3 Å². The van der Waals surface area contributed by atoms with Gasteiger partial charge in [0.2, 0.25) is 10.0 Å². The first kappa shape index (κ1) is 20.0. The summed E-state index contributed by atoms with van der Waals surface area (Å²) < 4.78 is 31.9. The van der Waals surface area contributed by atoms with Crippen molar-refractivity contribution in [3.63, 3.8) is 0 Å². The molecule has 0 spiro atoms. The van der Waals surface area contributed by atoms with Gasteiger partial charge >= 0.3 is 6.09 Å². The van der Waals surface area contributed by atoms with Crippen LogP contribution >= 0.6 is 0 Å². The zero-order valence-corrected chi connectivity index (χ0v) is 17.4. The van der Waals surface area contributed by atoms with Crippen molar-refractivity contribution in [1.82, 2.24) is 4.90 Å². The van der Waals surface area contributed by atoms with Crippen LogP contribution in [0.15, 0.2) is 66.7 Å². The van der Waals surface area contributed by atoms with Crippen molar-refractivity contribution in [3.05, 3.63) is 66.7 Å². The third-order valence-electron chi connectivity index (χ3n) is 5.03. The second-order valence-corrected chi connectivity index (χ2v) is 8.96. The molecule has 1 N–H and O–H groups in total. The Morgan fingerprint density at radius 1 is 0.900 bits per heavy atom. The van der Waals surface area contributed by atoms with Crippen molar-refractivity contribution in [1.29, 1.82) is 0 Å². The van der Waals surface area contributed by atoms with E-state index in [2.05, 4.69) is 9.62 Å². The van der Waals surface area contributed by atoms with Crippen LogP contribution in [0, 0.1) is 0 Å². The molecular formula is C22H23N3O4S. The quantitative estimate of drug-likeness (QED) is 0.692. The van der Waals surface area contributed by atoms with Crippen LogP contribution in [-0.2, 0) is 10.0 Å². The standard InChI is InChI=1S/C22H23N3O4S/c1-30(27,28)23-21-19-10-6-5-7-17(19)11-12-20(21)29-22(26)25-15-13-24(14-16-25)18-8-3-2-4-9-18/h2-12,23H,13-16H2,1H3. The molecule has 8 heteroatoms.